The lowest BCUT2D eigenvalue weighted by Crippen LogP contribution is -2.35. The van der Waals surface area contributed by atoms with Crippen molar-refractivity contribution in [2.24, 2.45) is 0 Å². The van der Waals surface area contributed by atoms with Gasteiger partial charge in [-0.2, -0.15) is 0 Å². The van der Waals surface area contributed by atoms with Crippen molar-refractivity contribution in [3.05, 3.63) is 70.7 Å². The van der Waals surface area contributed by atoms with Gasteiger partial charge in [0.15, 0.2) is 6.29 Å². The summed E-state index contributed by atoms with van der Waals surface area (Å²) in [5.74, 6) is -0.106. The van der Waals surface area contributed by atoms with Crippen LogP contribution in [0.1, 0.15) is 30.0 Å². The van der Waals surface area contributed by atoms with Crippen molar-refractivity contribution in [1.82, 2.24) is 5.32 Å². The summed E-state index contributed by atoms with van der Waals surface area (Å²) >= 11 is 5.98. The van der Waals surface area contributed by atoms with Crippen LogP contribution in [0.5, 0.6) is 0 Å². The first kappa shape index (κ1) is 17.0. The van der Waals surface area contributed by atoms with Crippen molar-refractivity contribution in [2.75, 3.05) is 13.2 Å². The maximum absolute atomic E-state index is 12.4. The predicted molar refractivity (Wildman–Crippen MR) is 92.8 cm³/mol. The van der Waals surface area contributed by atoms with Crippen LogP contribution in [0, 0.1) is 0 Å². The van der Waals surface area contributed by atoms with Gasteiger partial charge in [-0.1, -0.05) is 54.1 Å². The van der Waals surface area contributed by atoms with Gasteiger partial charge in [0, 0.05) is 5.02 Å². The Labute approximate surface area is 146 Å². The molecule has 1 aliphatic heterocycles. The number of benzene rings is 2. The third kappa shape index (κ3) is 4.57. The summed E-state index contributed by atoms with van der Waals surface area (Å²) in [5, 5.41) is 3.74. The van der Waals surface area contributed by atoms with Crippen LogP contribution in [0.2, 0.25) is 5.02 Å². The Hall–Kier alpha value is -1.88. The molecule has 0 unspecified atom stereocenters. The second-order valence-corrected chi connectivity index (χ2v) is 6.13. The van der Waals surface area contributed by atoms with E-state index in [9.17, 15) is 4.79 Å². The Bertz CT molecular complexity index is 654. The fourth-order valence-electron chi connectivity index (χ4n) is 2.69. The number of carbonyl (C=O) groups excluding carboxylic acids is 1. The highest BCUT2D eigenvalue weighted by Gasteiger charge is 2.22. The van der Waals surface area contributed by atoms with Gasteiger partial charge in [-0.15, -0.1) is 0 Å². The van der Waals surface area contributed by atoms with Crippen molar-refractivity contribution < 1.29 is 14.3 Å². The average Bonchev–Trinajstić information content (AvgIpc) is 2.62. The Balaban J connectivity index is 1.74. The van der Waals surface area contributed by atoms with Gasteiger partial charge < -0.3 is 14.8 Å². The van der Waals surface area contributed by atoms with Crippen LogP contribution < -0.4 is 5.32 Å². The monoisotopic (exact) mass is 345 g/mol. The average molecular weight is 346 g/mol. The van der Waals surface area contributed by atoms with Crippen LogP contribution in [0.3, 0.4) is 0 Å². The van der Waals surface area contributed by atoms with Gasteiger partial charge >= 0.3 is 0 Å². The Morgan fingerprint density at radius 3 is 2.33 bits per heavy atom. The number of rotatable bonds is 5. The van der Waals surface area contributed by atoms with Crippen LogP contribution in [0.25, 0.3) is 0 Å². The number of nitrogens with one attached hydrogen (secondary N) is 1. The number of carbonyl (C=O) groups is 1. The molecule has 4 nitrogen and oxygen atoms in total. The van der Waals surface area contributed by atoms with E-state index >= 15 is 0 Å². The van der Waals surface area contributed by atoms with Gasteiger partial charge in [0.2, 0.25) is 5.91 Å². The standard InChI is InChI=1S/C19H20ClNO3/c20-16-9-7-15(8-10-16)19(14-5-2-1-3-6-14)21-17(22)13-18-23-11-4-12-24-18/h1-3,5-10,18-19H,4,11-13H2,(H,21,22)/t19-/m1/s1. The maximum atomic E-state index is 12.4. The summed E-state index contributed by atoms with van der Waals surface area (Å²) in [4.78, 5) is 12.4. The van der Waals surface area contributed by atoms with Gasteiger partial charge in [-0.3, -0.25) is 4.79 Å². The van der Waals surface area contributed by atoms with Crippen LogP contribution >= 0.6 is 11.6 Å². The molecular formula is C19H20ClNO3. The number of hydrogen-bond acceptors (Lipinski definition) is 3. The third-order valence-corrected chi connectivity index (χ3v) is 4.14. The molecular weight excluding hydrogens is 326 g/mol. The van der Waals surface area contributed by atoms with E-state index in [1.54, 1.807) is 0 Å². The molecule has 1 aliphatic rings. The first-order valence-electron chi connectivity index (χ1n) is 8.05. The molecule has 5 heteroatoms. The molecule has 1 fully saturated rings. The highest BCUT2D eigenvalue weighted by molar-refractivity contribution is 6.30. The number of ether oxygens (including phenoxy) is 2. The van der Waals surface area contributed by atoms with Crippen LogP contribution in [0.4, 0.5) is 0 Å². The number of hydrogen-bond donors (Lipinski definition) is 1. The minimum atomic E-state index is -0.458. The zero-order valence-electron chi connectivity index (χ0n) is 13.3. The fourth-order valence-corrected chi connectivity index (χ4v) is 2.81. The van der Waals surface area contributed by atoms with Crippen LogP contribution in [-0.2, 0) is 14.3 Å². The Morgan fingerprint density at radius 2 is 1.67 bits per heavy atom. The fraction of sp³-hybridized carbons (Fsp3) is 0.316. The molecule has 0 bridgehead atoms. The smallest absolute Gasteiger partial charge is 0.225 e. The highest BCUT2D eigenvalue weighted by atomic mass is 35.5. The molecule has 2 aromatic rings. The van der Waals surface area contributed by atoms with E-state index in [2.05, 4.69) is 5.32 Å². The molecule has 1 heterocycles. The SMILES string of the molecule is O=C(CC1OCCCO1)N[C@H](c1ccccc1)c1ccc(Cl)cc1. The zero-order chi connectivity index (χ0) is 16.8. The molecule has 1 atom stereocenters. The summed E-state index contributed by atoms with van der Waals surface area (Å²) in [7, 11) is 0. The quantitative estimate of drug-likeness (QED) is 0.898. The molecule has 1 amide bonds. The van der Waals surface area contributed by atoms with Crippen molar-refractivity contribution in [3.8, 4) is 0 Å². The number of halogens is 1. The Kier molecular flexibility index (Phi) is 5.86. The molecule has 0 radical (unpaired) electrons. The Morgan fingerprint density at radius 1 is 1.04 bits per heavy atom. The molecule has 0 aromatic heterocycles. The molecule has 1 saturated heterocycles. The van der Waals surface area contributed by atoms with E-state index in [1.165, 1.54) is 0 Å². The molecule has 0 aliphatic carbocycles. The highest BCUT2D eigenvalue weighted by Crippen LogP contribution is 2.24. The minimum absolute atomic E-state index is 0.106. The van der Waals surface area contributed by atoms with Gasteiger partial charge in [0.1, 0.15) is 0 Å². The molecule has 24 heavy (non-hydrogen) atoms. The van der Waals surface area contributed by atoms with E-state index in [0.29, 0.717) is 18.2 Å². The number of amides is 1. The summed E-state index contributed by atoms with van der Waals surface area (Å²) in [5.41, 5.74) is 1.99. The molecule has 0 saturated carbocycles. The van der Waals surface area contributed by atoms with Crippen molar-refractivity contribution in [2.45, 2.75) is 25.2 Å². The van der Waals surface area contributed by atoms with Crippen molar-refractivity contribution in [3.63, 3.8) is 0 Å². The van der Waals surface area contributed by atoms with E-state index in [4.69, 9.17) is 21.1 Å². The topological polar surface area (TPSA) is 47.6 Å². The lowest BCUT2D eigenvalue weighted by atomic mass is 9.98. The lowest BCUT2D eigenvalue weighted by Gasteiger charge is -2.25. The summed E-state index contributed by atoms with van der Waals surface area (Å²) < 4.78 is 10.9. The second kappa shape index (κ2) is 8.29. The first-order chi connectivity index (χ1) is 11.7. The van der Waals surface area contributed by atoms with E-state index in [0.717, 1.165) is 17.5 Å². The van der Waals surface area contributed by atoms with Gasteiger partial charge in [-0.05, 0) is 29.7 Å². The molecule has 3 rings (SSSR count). The molecule has 2 aromatic carbocycles. The predicted octanol–water partition coefficient (Wildman–Crippen LogP) is 3.70. The molecule has 1 N–H and O–H groups in total. The minimum Gasteiger partial charge on any atom is -0.352 e. The lowest BCUT2D eigenvalue weighted by molar-refractivity contribution is -0.184. The third-order valence-electron chi connectivity index (χ3n) is 3.89. The van der Waals surface area contributed by atoms with Crippen molar-refractivity contribution >= 4 is 17.5 Å². The van der Waals surface area contributed by atoms with Crippen molar-refractivity contribution in [1.29, 1.82) is 0 Å². The van der Waals surface area contributed by atoms with E-state index < -0.39 is 6.29 Å². The second-order valence-electron chi connectivity index (χ2n) is 5.69. The van der Waals surface area contributed by atoms with Crippen LogP contribution in [0.15, 0.2) is 54.6 Å². The molecule has 126 valence electrons. The van der Waals surface area contributed by atoms with E-state index in [-0.39, 0.29) is 18.4 Å². The van der Waals surface area contributed by atoms with Crippen LogP contribution in [-0.4, -0.2) is 25.4 Å². The molecule has 0 spiro atoms. The zero-order valence-corrected chi connectivity index (χ0v) is 14.0. The van der Waals surface area contributed by atoms with Gasteiger partial charge in [-0.25, -0.2) is 0 Å². The summed E-state index contributed by atoms with van der Waals surface area (Å²) in [6, 6.07) is 17.1. The normalized spacial score (nSPS) is 16.5. The summed E-state index contributed by atoms with van der Waals surface area (Å²) in [6.07, 6.45) is 0.604. The first-order valence-corrected chi connectivity index (χ1v) is 8.43. The maximum Gasteiger partial charge on any atom is 0.225 e. The van der Waals surface area contributed by atoms with Gasteiger partial charge in [0.25, 0.3) is 0 Å². The largest absolute Gasteiger partial charge is 0.352 e. The van der Waals surface area contributed by atoms with E-state index in [1.807, 2.05) is 54.6 Å². The summed E-state index contributed by atoms with van der Waals surface area (Å²) in [6.45, 7) is 1.27. The van der Waals surface area contributed by atoms with Gasteiger partial charge in [0.05, 0.1) is 25.7 Å².